The molecule has 0 aliphatic rings. The summed E-state index contributed by atoms with van der Waals surface area (Å²) in [6, 6.07) is 16.6. The molecule has 0 saturated heterocycles. The van der Waals surface area contributed by atoms with Gasteiger partial charge < -0.3 is 9.73 Å². The fourth-order valence-corrected chi connectivity index (χ4v) is 2.97. The van der Waals surface area contributed by atoms with E-state index in [2.05, 4.69) is 15.3 Å². The van der Waals surface area contributed by atoms with Crippen LogP contribution in [0.15, 0.2) is 76.3 Å². The van der Waals surface area contributed by atoms with Crippen molar-refractivity contribution in [3.05, 3.63) is 72.6 Å². The van der Waals surface area contributed by atoms with Crippen LogP contribution in [0.1, 0.15) is 10.4 Å². The van der Waals surface area contributed by atoms with Crippen molar-refractivity contribution in [2.24, 2.45) is 0 Å². The molecule has 26 heavy (non-hydrogen) atoms. The number of nitrogens with zero attached hydrogens (tertiary/aromatic N) is 2. The van der Waals surface area contributed by atoms with Crippen LogP contribution in [0.5, 0.6) is 0 Å². The number of thioether (sulfide) groups is 1. The molecule has 0 atom stereocenters. The monoisotopic (exact) mass is 361 g/mol. The molecule has 6 heteroatoms. The summed E-state index contributed by atoms with van der Waals surface area (Å²) in [6.07, 6.45) is 5.40. The number of carbonyl (C=O) groups is 1. The third-order valence-corrected chi connectivity index (χ3v) is 4.65. The van der Waals surface area contributed by atoms with E-state index in [9.17, 15) is 4.79 Å². The molecular weight excluding hydrogens is 346 g/mol. The van der Waals surface area contributed by atoms with Gasteiger partial charge >= 0.3 is 0 Å². The summed E-state index contributed by atoms with van der Waals surface area (Å²) in [5.74, 6) is 0.345. The van der Waals surface area contributed by atoms with Gasteiger partial charge in [-0.2, -0.15) is 0 Å². The Bertz CT molecular complexity index is 1060. The van der Waals surface area contributed by atoms with Crippen molar-refractivity contribution in [2.45, 2.75) is 4.90 Å². The third kappa shape index (κ3) is 3.32. The summed E-state index contributed by atoms with van der Waals surface area (Å²) in [4.78, 5) is 22.1. The number of hydrogen-bond donors (Lipinski definition) is 1. The second-order valence-corrected chi connectivity index (χ2v) is 6.51. The second kappa shape index (κ2) is 7.01. The Morgan fingerprint density at radius 1 is 1.12 bits per heavy atom. The van der Waals surface area contributed by atoms with Crippen LogP contribution in [-0.4, -0.2) is 22.1 Å². The number of oxazole rings is 1. The topological polar surface area (TPSA) is 68.0 Å². The molecular formula is C20H15N3O2S. The zero-order valence-electron chi connectivity index (χ0n) is 14.0. The number of benzene rings is 2. The molecule has 4 aromatic rings. The maximum absolute atomic E-state index is 12.4. The Morgan fingerprint density at radius 2 is 1.96 bits per heavy atom. The number of hydrogen-bond acceptors (Lipinski definition) is 5. The van der Waals surface area contributed by atoms with Gasteiger partial charge in [0.1, 0.15) is 5.52 Å². The van der Waals surface area contributed by atoms with Crippen molar-refractivity contribution in [1.29, 1.82) is 0 Å². The molecule has 1 amide bonds. The number of fused-ring (bicyclic) bond motifs is 1. The van der Waals surface area contributed by atoms with Gasteiger partial charge in [-0.05, 0) is 60.9 Å². The Balaban J connectivity index is 1.58. The van der Waals surface area contributed by atoms with Gasteiger partial charge in [-0.25, -0.2) is 4.98 Å². The Labute approximate surface area is 154 Å². The van der Waals surface area contributed by atoms with Crippen LogP contribution in [-0.2, 0) is 0 Å². The zero-order valence-corrected chi connectivity index (χ0v) is 14.8. The number of aromatic nitrogens is 2. The summed E-state index contributed by atoms with van der Waals surface area (Å²) < 4.78 is 5.76. The van der Waals surface area contributed by atoms with Gasteiger partial charge in [0.15, 0.2) is 5.58 Å². The van der Waals surface area contributed by atoms with Gasteiger partial charge in [-0.3, -0.25) is 9.78 Å². The smallest absolute Gasteiger partial charge is 0.255 e. The van der Waals surface area contributed by atoms with Gasteiger partial charge in [-0.15, -0.1) is 11.8 Å². The van der Waals surface area contributed by atoms with E-state index in [1.165, 1.54) is 0 Å². The number of rotatable bonds is 4. The highest BCUT2D eigenvalue weighted by Crippen LogP contribution is 2.26. The molecule has 0 spiro atoms. The predicted octanol–water partition coefficient (Wildman–Crippen LogP) is 4.86. The number of amides is 1. The maximum atomic E-state index is 12.4. The van der Waals surface area contributed by atoms with E-state index < -0.39 is 0 Å². The lowest BCUT2D eigenvalue weighted by Gasteiger charge is -2.05. The highest BCUT2D eigenvalue weighted by molar-refractivity contribution is 7.98. The van der Waals surface area contributed by atoms with Crippen LogP contribution in [0.25, 0.3) is 22.6 Å². The maximum Gasteiger partial charge on any atom is 0.255 e. The van der Waals surface area contributed by atoms with Crippen LogP contribution >= 0.6 is 11.8 Å². The van der Waals surface area contributed by atoms with Crippen LogP contribution in [0.3, 0.4) is 0 Å². The summed E-state index contributed by atoms with van der Waals surface area (Å²) >= 11 is 1.64. The molecule has 0 radical (unpaired) electrons. The Hall–Kier alpha value is -3.12. The van der Waals surface area contributed by atoms with Gasteiger partial charge in [-0.1, -0.05) is 0 Å². The number of carbonyl (C=O) groups excluding carboxylic acids is 1. The largest absolute Gasteiger partial charge is 0.436 e. The third-order valence-electron chi connectivity index (χ3n) is 3.91. The van der Waals surface area contributed by atoms with Gasteiger partial charge in [0.2, 0.25) is 5.89 Å². The summed E-state index contributed by atoms with van der Waals surface area (Å²) in [5, 5.41) is 2.90. The molecule has 128 valence electrons. The first-order chi connectivity index (χ1) is 12.7. The molecule has 0 bridgehead atoms. The number of pyridine rings is 1. The first kappa shape index (κ1) is 16.4. The highest BCUT2D eigenvalue weighted by Gasteiger charge is 2.11. The minimum Gasteiger partial charge on any atom is -0.436 e. The van der Waals surface area contributed by atoms with Crippen molar-refractivity contribution in [3.8, 4) is 11.5 Å². The lowest BCUT2D eigenvalue weighted by Crippen LogP contribution is -2.11. The van der Waals surface area contributed by atoms with E-state index in [0.717, 1.165) is 10.5 Å². The number of nitrogens with one attached hydrogen (secondary N) is 1. The molecule has 0 aliphatic heterocycles. The average molecular weight is 361 g/mol. The van der Waals surface area contributed by atoms with Gasteiger partial charge in [0.05, 0.1) is 5.56 Å². The van der Waals surface area contributed by atoms with Crippen molar-refractivity contribution in [3.63, 3.8) is 0 Å². The van der Waals surface area contributed by atoms with Crippen molar-refractivity contribution in [1.82, 2.24) is 9.97 Å². The molecule has 0 fully saturated rings. The van der Waals surface area contributed by atoms with E-state index in [0.29, 0.717) is 28.2 Å². The van der Waals surface area contributed by atoms with Gasteiger partial charge in [0, 0.05) is 28.5 Å². The Morgan fingerprint density at radius 3 is 2.69 bits per heavy atom. The molecule has 2 heterocycles. The van der Waals surface area contributed by atoms with E-state index in [1.54, 1.807) is 42.4 Å². The fraction of sp³-hybridized carbons (Fsp3) is 0.0500. The van der Waals surface area contributed by atoms with Gasteiger partial charge in [0.25, 0.3) is 5.91 Å². The molecule has 0 aliphatic carbocycles. The lowest BCUT2D eigenvalue weighted by atomic mass is 10.2. The van der Waals surface area contributed by atoms with Crippen molar-refractivity contribution < 1.29 is 9.21 Å². The minimum absolute atomic E-state index is 0.159. The first-order valence-electron chi connectivity index (χ1n) is 7.99. The standard InChI is InChI=1S/C20H15N3O2S/c1-26-16-7-4-13(5-8-16)19(24)22-15-6-9-18-17(11-15)23-20(25-18)14-3-2-10-21-12-14/h2-12H,1H3,(H,22,24). The summed E-state index contributed by atoms with van der Waals surface area (Å²) in [6.45, 7) is 0. The lowest BCUT2D eigenvalue weighted by molar-refractivity contribution is 0.102. The summed E-state index contributed by atoms with van der Waals surface area (Å²) in [5.41, 5.74) is 3.43. The normalized spacial score (nSPS) is 10.8. The molecule has 5 nitrogen and oxygen atoms in total. The quantitative estimate of drug-likeness (QED) is 0.526. The molecule has 0 saturated carbocycles. The summed E-state index contributed by atoms with van der Waals surface area (Å²) in [7, 11) is 0. The Kier molecular flexibility index (Phi) is 4.41. The van der Waals surface area contributed by atoms with Crippen molar-refractivity contribution >= 4 is 34.5 Å². The molecule has 0 unspecified atom stereocenters. The van der Waals surface area contributed by atoms with Crippen LogP contribution in [0, 0.1) is 0 Å². The molecule has 2 aromatic carbocycles. The highest BCUT2D eigenvalue weighted by atomic mass is 32.2. The fourth-order valence-electron chi connectivity index (χ4n) is 2.56. The first-order valence-corrected chi connectivity index (χ1v) is 9.22. The zero-order chi connectivity index (χ0) is 17.9. The second-order valence-electron chi connectivity index (χ2n) is 5.63. The predicted molar refractivity (Wildman–Crippen MR) is 103 cm³/mol. The van der Waals surface area contributed by atoms with E-state index >= 15 is 0 Å². The van der Waals surface area contributed by atoms with E-state index in [-0.39, 0.29) is 5.91 Å². The van der Waals surface area contributed by atoms with E-state index in [1.807, 2.05) is 42.7 Å². The average Bonchev–Trinajstić information content (AvgIpc) is 3.12. The van der Waals surface area contributed by atoms with Crippen LogP contribution in [0.2, 0.25) is 0 Å². The minimum atomic E-state index is -0.159. The SMILES string of the molecule is CSc1ccc(C(=O)Nc2ccc3oc(-c4cccnc4)nc3c2)cc1. The number of anilines is 1. The van der Waals surface area contributed by atoms with E-state index in [4.69, 9.17) is 4.42 Å². The van der Waals surface area contributed by atoms with Crippen LogP contribution in [0.4, 0.5) is 5.69 Å². The molecule has 4 rings (SSSR count). The molecule has 1 N–H and O–H groups in total. The van der Waals surface area contributed by atoms with Crippen LogP contribution < -0.4 is 5.32 Å². The van der Waals surface area contributed by atoms with Crippen molar-refractivity contribution in [2.75, 3.05) is 11.6 Å². The molecule has 2 aromatic heterocycles.